The molecule has 0 radical (unpaired) electrons. The zero-order chi connectivity index (χ0) is 14.1. The molecule has 0 saturated carbocycles. The fourth-order valence-corrected chi connectivity index (χ4v) is 1.89. The Morgan fingerprint density at radius 1 is 1.20 bits per heavy atom. The molecule has 0 N–H and O–H groups in total. The van der Waals surface area contributed by atoms with Gasteiger partial charge in [-0.2, -0.15) is 0 Å². The van der Waals surface area contributed by atoms with Crippen molar-refractivity contribution in [2.24, 2.45) is 0 Å². The molecule has 0 aliphatic rings. The predicted molar refractivity (Wildman–Crippen MR) is 70.9 cm³/mol. The highest BCUT2D eigenvalue weighted by molar-refractivity contribution is 5.78. The third kappa shape index (κ3) is 2.11. The Morgan fingerprint density at radius 2 is 1.95 bits per heavy atom. The van der Waals surface area contributed by atoms with Gasteiger partial charge in [0.2, 0.25) is 5.89 Å². The predicted octanol–water partition coefficient (Wildman–Crippen LogP) is 3.87. The van der Waals surface area contributed by atoms with E-state index in [1.54, 1.807) is 24.3 Å². The maximum Gasteiger partial charge on any atom is 0.271 e. The summed E-state index contributed by atoms with van der Waals surface area (Å²) in [7, 11) is 0. The Morgan fingerprint density at radius 3 is 2.60 bits per heavy atom. The Kier molecular flexibility index (Phi) is 2.90. The number of hydrogen-bond donors (Lipinski definition) is 0. The van der Waals surface area contributed by atoms with Gasteiger partial charge in [0.05, 0.1) is 4.92 Å². The number of nitro groups is 1. The average Bonchev–Trinajstić information content (AvgIpc) is 2.90. The van der Waals surface area contributed by atoms with Crippen molar-refractivity contribution in [3.8, 4) is 11.5 Å². The van der Waals surface area contributed by atoms with E-state index in [2.05, 4.69) is 4.98 Å². The normalized spacial score (nSPS) is 10.8. The van der Waals surface area contributed by atoms with Crippen LogP contribution < -0.4 is 0 Å². The third-order valence-electron chi connectivity index (χ3n) is 2.94. The van der Waals surface area contributed by atoms with Crippen molar-refractivity contribution in [3.63, 3.8) is 0 Å². The van der Waals surface area contributed by atoms with E-state index in [1.165, 1.54) is 18.2 Å². The highest BCUT2D eigenvalue weighted by Crippen LogP contribution is 2.27. The first-order chi connectivity index (χ1) is 9.67. The number of nitro benzene ring substituents is 1. The Balaban J connectivity index is 2.05. The number of oxazole rings is 1. The van der Waals surface area contributed by atoms with Crippen molar-refractivity contribution < 1.29 is 13.7 Å². The van der Waals surface area contributed by atoms with E-state index in [4.69, 9.17) is 4.42 Å². The number of benzene rings is 2. The second-order valence-corrected chi connectivity index (χ2v) is 4.26. The first-order valence-electron chi connectivity index (χ1n) is 5.87. The smallest absolute Gasteiger partial charge is 0.271 e. The summed E-state index contributed by atoms with van der Waals surface area (Å²) >= 11 is 0. The lowest BCUT2D eigenvalue weighted by molar-refractivity contribution is -0.384. The van der Waals surface area contributed by atoms with Crippen molar-refractivity contribution in [1.82, 2.24) is 4.98 Å². The van der Waals surface area contributed by atoms with Crippen LogP contribution in [0.1, 0.15) is 5.56 Å². The lowest BCUT2D eigenvalue weighted by Crippen LogP contribution is -1.86. The van der Waals surface area contributed by atoms with Crippen molar-refractivity contribution in [2.75, 3.05) is 0 Å². The minimum Gasteiger partial charge on any atom is -0.436 e. The van der Waals surface area contributed by atoms with Gasteiger partial charge >= 0.3 is 0 Å². The van der Waals surface area contributed by atoms with Gasteiger partial charge in [-0.25, -0.2) is 9.37 Å². The molecule has 0 aliphatic carbocycles. The number of hydrogen-bond acceptors (Lipinski definition) is 4. The fourth-order valence-electron chi connectivity index (χ4n) is 1.89. The van der Waals surface area contributed by atoms with Gasteiger partial charge in [-0.3, -0.25) is 10.1 Å². The largest absolute Gasteiger partial charge is 0.436 e. The van der Waals surface area contributed by atoms with E-state index in [1.807, 2.05) is 0 Å². The highest BCUT2D eigenvalue weighted by atomic mass is 19.1. The van der Waals surface area contributed by atoms with E-state index in [-0.39, 0.29) is 5.69 Å². The number of non-ortho nitro benzene ring substituents is 1. The molecule has 0 atom stereocenters. The number of aromatic nitrogens is 1. The summed E-state index contributed by atoms with van der Waals surface area (Å²) < 4.78 is 18.0. The summed E-state index contributed by atoms with van der Waals surface area (Å²) in [6.07, 6.45) is 0. The first kappa shape index (κ1) is 12.3. The summed E-state index contributed by atoms with van der Waals surface area (Å²) in [6.45, 7) is -0.528. The van der Waals surface area contributed by atoms with Gasteiger partial charge in [0.1, 0.15) is 12.2 Å². The molecule has 1 heterocycles. The van der Waals surface area contributed by atoms with Crippen LogP contribution >= 0.6 is 0 Å². The standard InChI is InChI=1S/C14H9FN2O3/c15-8-9-1-3-10(4-2-9)14-16-12-7-11(17(18)19)5-6-13(12)20-14/h1-7H,8H2. The van der Waals surface area contributed by atoms with E-state index in [0.717, 1.165) is 0 Å². The second kappa shape index (κ2) is 4.73. The molecule has 0 unspecified atom stereocenters. The molecule has 3 rings (SSSR count). The van der Waals surface area contributed by atoms with Crippen LogP contribution in [-0.2, 0) is 6.67 Å². The molecule has 0 saturated heterocycles. The van der Waals surface area contributed by atoms with Crippen molar-refractivity contribution in [1.29, 1.82) is 0 Å². The number of nitrogens with zero attached hydrogens (tertiary/aromatic N) is 2. The number of rotatable bonds is 3. The van der Waals surface area contributed by atoms with Gasteiger partial charge in [-0.15, -0.1) is 0 Å². The van der Waals surface area contributed by atoms with Crippen molar-refractivity contribution in [3.05, 3.63) is 58.1 Å². The monoisotopic (exact) mass is 272 g/mol. The van der Waals surface area contributed by atoms with Crippen LogP contribution in [0.3, 0.4) is 0 Å². The van der Waals surface area contributed by atoms with Crippen LogP contribution in [0.4, 0.5) is 10.1 Å². The average molecular weight is 272 g/mol. The quantitative estimate of drug-likeness (QED) is 0.536. The lowest BCUT2D eigenvalue weighted by Gasteiger charge is -1.96. The molecule has 6 heteroatoms. The van der Waals surface area contributed by atoms with Crippen LogP contribution in [0.5, 0.6) is 0 Å². The molecule has 3 aromatic rings. The van der Waals surface area contributed by atoms with E-state index >= 15 is 0 Å². The summed E-state index contributed by atoms with van der Waals surface area (Å²) in [5, 5.41) is 10.7. The third-order valence-corrected chi connectivity index (χ3v) is 2.94. The topological polar surface area (TPSA) is 69.2 Å². The van der Waals surface area contributed by atoms with Crippen LogP contribution in [0.15, 0.2) is 46.9 Å². The van der Waals surface area contributed by atoms with Gasteiger partial charge in [0.15, 0.2) is 5.58 Å². The van der Waals surface area contributed by atoms with E-state index < -0.39 is 11.6 Å². The summed E-state index contributed by atoms with van der Waals surface area (Å²) in [4.78, 5) is 14.4. The van der Waals surface area contributed by atoms with E-state index in [9.17, 15) is 14.5 Å². The molecule has 2 aromatic carbocycles. The van der Waals surface area contributed by atoms with Gasteiger partial charge in [0.25, 0.3) is 5.69 Å². The van der Waals surface area contributed by atoms with Gasteiger partial charge in [0, 0.05) is 17.7 Å². The molecule has 0 aliphatic heterocycles. The molecule has 0 spiro atoms. The minimum atomic E-state index is -0.528. The molecule has 0 fully saturated rings. The maximum atomic E-state index is 12.4. The van der Waals surface area contributed by atoms with Gasteiger partial charge < -0.3 is 4.42 Å². The molecule has 5 nitrogen and oxygen atoms in total. The zero-order valence-electron chi connectivity index (χ0n) is 10.2. The molecular formula is C14H9FN2O3. The van der Waals surface area contributed by atoms with Crippen molar-refractivity contribution in [2.45, 2.75) is 6.67 Å². The molecule has 20 heavy (non-hydrogen) atoms. The Bertz CT molecular complexity index is 781. The second-order valence-electron chi connectivity index (χ2n) is 4.26. The molecule has 100 valence electrons. The molecular weight excluding hydrogens is 263 g/mol. The Hall–Kier alpha value is -2.76. The SMILES string of the molecule is O=[N+]([O-])c1ccc2oc(-c3ccc(CF)cc3)nc2c1. The van der Waals surface area contributed by atoms with Crippen LogP contribution in [-0.4, -0.2) is 9.91 Å². The van der Waals surface area contributed by atoms with Crippen LogP contribution in [0, 0.1) is 10.1 Å². The Labute approximate surface area is 112 Å². The lowest BCUT2D eigenvalue weighted by atomic mass is 10.1. The summed E-state index contributed by atoms with van der Waals surface area (Å²) in [5.74, 6) is 0.353. The zero-order valence-corrected chi connectivity index (χ0v) is 10.2. The molecule has 0 amide bonds. The summed E-state index contributed by atoms with van der Waals surface area (Å²) in [5.41, 5.74) is 2.12. The van der Waals surface area contributed by atoms with Gasteiger partial charge in [-0.1, -0.05) is 12.1 Å². The van der Waals surface area contributed by atoms with Gasteiger partial charge in [-0.05, 0) is 23.8 Å². The van der Waals surface area contributed by atoms with Crippen LogP contribution in [0.2, 0.25) is 0 Å². The fraction of sp³-hybridized carbons (Fsp3) is 0.0714. The first-order valence-corrected chi connectivity index (χ1v) is 5.87. The van der Waals surface area contributed by atoms with Crippen molar-refractivity contribution >= 4 is 16.8 Å². The number of alkyl halides is 1. The summed E-state index contributed by atoms with van der Waals surface area (Å²) in [6, 6.07) is 10.9. The number of fused-ring (bicyclic) bond motifs is 1. The van der Waals surface area contributed by atoms with E-state index in [0.29, 0.717) is 28.1 Å². The maximum absolute atomic E-state index is 12.4. The van der Waals surface area contributed by atoms with Crippen LogP contribution in [0.25, 0.3) is 22.6 Å². The molecule has 0 bridgehead atoms. The highest BCUT2D eigenvalue weighted by Gasteiger charge is 2.12. The number of halogens is 1. The minimum absolute atomic E-state index is 0.0369. The molecule has 1 aromatic heterocycles.